The lowest BCUT2D eigenvalue weighted by Crippen LogP contribution is -2.12. The van der Waals surface area contributed by atoms with E-state index in [2.05, 4.69) is 199 Å². The number of hydrogen-bond acceptors (Lipinski definition) is 4. The Morgan fingerprint density at radius 3 is 0.828 bits per heavy atom. The quantitative estimate of drug-likeness (QED) is 0.166. The molecule has 0 aliphatic carbocycles. The normalized spacial score (nSPS) is 12.3. The van der Waals surface area contributed by atoms with Crippen molar-refractivity contribution in [3.63, 3.8) is 0 Å². The van der Waals surface area contributed by atoms with Gasteiger partial charge in [0.05, 0.1) is 0 Å². The van der Waals surface area contributed by atoms with E-state index in [1.807, 2.05) is 23.5 Å². The first-order valence-corrected chi connectivity index (χ1v) is 21.8. The molecule has 0 aromatic heterocycles. The maximum Gasteiger partial charge on any atom is 0.0473 e. The van der Waals surface area contributed by atoms with E-state index in [0.29, 0.717) is 0 Å². The van der Waals surface area contributed by atoms with Crippen LogP contribution in [0.15, 0.2) is 153 Å². The fourth-order valence-corrected chi connectivity index (χ4v) is 11.7. The van der Waals surface area contributed by atoms with Gasteiger partial charge < -0.3 is 9.80 Å². The fourth-order valence-electron chi connectivity index (χ4n) is 9.42. The highest BCUT2D eigenvalue weighted by Crippen LogP contribution is 2.57. The molecule has 0 N–H and O–H groups in total. The third-order valence-corrected chi connectivity index (χ3v) is 13.6. The molecule has 0 unspecified atom stereocenters. The Morgan fingerprint density at radius 2 is 0.534 bits per heavy atom. The molecule has 0 bridgehead atoms. The van der Waals surface area contributed by atoms with E-state index >= 15 is 0 Å². The lowest BCUT2D eigenvalue weighted by atomic mass is 9.91. The van der Waals surface area contributed by atoms with E-state index in [1.165, 1.54) is 131 Å². The van der Waals surface area contributed by atoms with Crippen LogP contribution in [-0.4, -0.2) is 0 Å². The molecule has 0 amide bonds. The van der Waals surface area contributed by atoms with E-state index in [9.17, 15) is 0 Å². The Morgan fingerprint density at radius 1 is 0.259 bits per heavy atom. The lowest BCUT2D eigenvalue weighted by Gasteiger charge is -2.31. The summed E-state index contributed by atoms with van der Waals surface area (Å²) < 4.78 is 0. The van der Waals surface area contributed by atoms with E-state index in [-0.39, 0.29) is 0 Å². The molecule has 2 aliphatic heterocycles. The van der Waals surface area contributed by atoms with Gasteiger partial charge in [-0.2, -0.15) is 0 Å². The SMILES string of the molecule is Cc1cc(C)cc(N(c2cc(C)cc(C)c2)c2ccc3c(c2)Sc2ccc4c5c(ccc-3c25)-c2ccc(N(c3cc(C)cc(C)c3)c3cc(C)cc(C)c3)cc2S4)c1. The zero-order valence-electron chi connectivity index (χ0n) is 34.4. The van der Waals surface area contributed by atoms with E-state index in [1.54, 1.807) is 0 Å². The minimum absolute atomic E-state index is 1.17. The van der Waals surface area contributed by atoms with Gasteiger partial charge in [0.1, 0.15) is 0 Å². The topological polar surface area (TPSA) is 6.48 Å². The predicted octanol–water partition coefficient (Wildman–Crippen LogP) is 16.5. The summed E-state index contributed by atoms with van der Waals surface area (Å²) >= 11 is 3.81. The van der Waals surface area contributed by atoms with Crippen molar-refractivity contribution < 1.29 is 0 Å². The van der Waals surface area contributed by atoms with Crippen molar-refractivity contribution in [3.05, 3.63) is 178 Å². The summed E-state index contributed by atoms with van der Waals surface area (Å²) in [6.07, 6.45) is 0. The number of aryl methyl sites for hydroxylation is 8. The van der Waals surface area contributed by atoms with E-state index in [4.69, 9.17) is 0 Å². The first-order chi connectivity index (χ1) is 27.9. The van der Waals surface area contributed by atoms with Crippen LogP contribution >= 0.6 is 23.5 Å². The minimum atomic E-state index is 1.17. The molecular weight excluding hydrogens is 741 g/mol. The molecule has 0 atom stereocenters. The number of benzene rings is 8. The molecule has 2 heterocycles. The van der Waals surface area contributed by atoms with Gasteiger partial charge in [0.15, 0.2) is 0 Å². The third-order valence-electron chi connectivity index (χ3n) is 11.4. The van der Waals surface area contributed by atoms with Crippen molar-refractivity contribution >= 4 is 68.4 Å². The second kappa shape index (κ2) is 14.0. The standard InChI is InChI=1S/C54H46N2S2/c1-31-17-32(2)22-41(21-31)55(42-23-33(3)18-34(4)24-42)39-9-11-45-47-13-14-48-46-12-10-40(30-52(46)58-50-16-15-49(53(47)54(48)50)57-51(45)29-39)56(43-25-35(5)19-36(6)26-43)44-27-37(7)20-38(8)28-44/h9-30H,1-8H3. The Balaban J connectivity index is 1.08. The summed E-state index contributed by atoms with van der Waals surface area (Å²) in [6.45, 7) is 17.5. The van der Waals surface area contributed by atoms with Gasteiger partial charge in [0.2, 0.25) is 0 Å². The average molecular weight is 787 g/mol. The molecule has 0 radical (unpaired) electrons. The van der Waals surface area contributed by atoms with Gasteiger partial charge in [-0.15, -0.1) is 0 Å². The van der Waals surface area contributed by atoms with Crippen LogP contribution in [0.5, 0.6) is 0 Å². The summed E-state index contributed by atoms with van der Waals surface area (Å²) in [5.41, 5.74) is 22.4. The molecule has 4 heteroatoms. The van der Waals surface area contributed by atoms with Gasteiger partial charge in [0, 0.05) is 64.5 Å². The number of anilines is 6. The maximum atomic E-state index is 2.43. The average Bonchev–Trinajstić information content (AvgIpc) is 3.15. The highest BCUT2D eigenvalue weighted by molar-refractivity contribution is 8.00. The van der Waals surface area contributed by atoms with Crippen LogP contribution in [0.4, 0.5) is 34.1 Å². The summed E-state index contributed by atoms with van der Waals surface area (Å²) in [5.74, 6) is 0. The second-order valence-corrected chi connectivity index (χ2v) is 18.8. The second-order valence-electron chi connectivity index (χ2n) is 16.6. The van der Waals surface area contributed by atoms with Crippen molar-refractivity contribution in [2.24, 2.45) is 0 Å². The molecule has 284 valence electrons. The number of hydrogen-bond donors (Lipinski definition) is 0. The van der Waals surface area contributed by atoms with Crippen molar-refractivity contribution in [1.29, 1.82) is 0 Å². The first kappa shape index (κ1) is 36.6. The summed E-state index contributed by atoms with van der Waals surface area (Å²) in [6, 6.07) is 51.1. The Labute approximate surface area is 351 Å². The van der Waals surface area contributed by atoms with Crippen LogP contribution in [0, 0.1) is 55.4 Å². The molecular formula is C54H46N2S2. The Kier molecular flexibility index (Phi) is 8.85. The van der Waals surface area contributed by atoms with Crippen LogP contribution in [0.3, 0.4) is 0 Å². The molecule has 58 heavy (non-hydrogen) atoms. The predicted molar refractivity (Wildman–Crippen MR) is 250 cm³/mol. The number of nitrogens with zero attached hydrogens (tertiary/aromatic N) is 2. The third kappa shape index (κ3) is 6.40. The smallest absolute Gasteiger partial charge is 0.0473 e. The van der Waals surface area contributed by atoms with Gasteiger partial charge in [-0.3, -0.25) is 0 Å². The van der Waals surface area contributed by atoms with Gasteiger partial charge >= 0.3 is 0 Å². The van der Waals surface area contributed by atoms with Gasteiger partial charge in [0.25, 0.3) is 0 Å². The minimum Gasteiger partial charge on any atom is -0.310 e. The molecule has 0 saturated carbocycles. The largest absolute Gasteiger partial charge is 0.310 e. The van der Waals surface area contributed by atoms with Gasteiger partial charge in [-0.25, -0.2) is 0 Å². The van der Waals surface area contributed by atoms with Crippen LogP contribution in [0.1, 0.15) is 44.5 Å². The maximum absolute atomic E-state index is 2.43. The van der Waals surface area contributed by atoms with Crippen LogP contribution < -0.4 is 9.80 Å². The molecule has 0 fully saturated rings. The van der Waals surface area contributed by atoms with Crippen molar-refractivity contribution in [2.45, 2.75) is 75.0 Å². The Bertz CT molecular complexity index is 2630. The first-order valence-electron chi connectivity index (χ1n) is 20.1. The van der Waals surface area contributed by atoms with Crippen molar-refractivity contribution in [2.75, 3.05) is 9.80 Å². The summed E-state index contributed by atoms with van der Waals surface area (Å²) in [4.78, 5) is 10.1. The van der Waals surface area contributed by atoms with Crippen LogP contribution in [-0.2, 0) is 0 Å². The number of fused-ring (bicyclic) bond motifs is 4. The van der Waals surface area contributed by atoms with Gasteiger partial charge in [-0.05, 0) is 207 Å². The van der Waals surface area contributed by atoms with E-state index in [0.717, 1.165) is 0 Å². The zero-order chi connectivity index (χ0) is 40.0. The fraction of sp³-hybridized carbons (Fsp3) is 0.148. The molecule has 10 rings (SSSR count). The van der Waals surface area contributed by atoms with Crippen LogP contribution in [0.2, 0.25) is 0 Å². The number of rotatable bonds is 6. The monoisotopic (exact) mass is 786 g/mol. The molecule has 0 saturated heterocycles. The summed E-state index contributed by atoms with van der Waals surface area (Å²) in [5, 5.41) is 2.74. The zero-order valence-corrected chi connectivity index (χ0v) is 36.0. The molecule has 8 aromatic rings. The lowest BCUT2D eigenvalue weighted by molar-refractivity contribution is 1.22. The highest BCUT2D eigenvalue weighted by atomic mass is 32.2. The van der Waals surface area contributed by atoms with E-state index < -0.39 is 0 Å². The summed E-state index contributed by atoms with van der Waals surface area (Å²) in [7, 11) is 0. The molecule has 8 aromatic carbocycles. The van der Waals surface area contributed by atoms with Crippen LogP contribution in [0.25, 0.3) is 33.0 Å². The molecule has 2 aliphatic rings. The molecule has 0 spiro atoms. The Hall–Kier alpha value is -5.68. The van der Waals surface area contributed by atoms with Crippen molar-refractivity contribution in [1.82, 2.24) is 0 Å². The molecule has 2 nitrogen and oxygen atoms in total. The highest BCUT2D eigenvalue weighted by Gasteiger charge is 2.28. The van der Waals surface area contributed by atoms with Crippen molar-refractivity contribution in [3.8, 4) is 22.3 Å². The van der Waals surface area contributed by atoms with Gasteiger partial charge in [-0.1, -0.05) is 72.1 Å².